The van der Waals surface area contributed by atoms with Gasteiger partial charge in [0.15, 0.2) is 0 Å². The van der Waals surface area contributed by atoms with E-state index in [0.717, 1.165) is 50.0 Å². The van der Waals surface area contributed by atoms with E-state index in [1.807, 2.05) is 13.0 Å². The average Bonchev–Trinajstić information content (AvgIpc) is 2.43. The summed E-state index contributed by atoms with van der Waals surface area (Å²) in [4.78, 5) is 8.78. The second kappa shape index (κ2) is 7.28. The number of ether oxygens (including phenoxy) is 1. The minimum atomic E-state index is 0.316. The highest BCUT2D eigenvalue weighted by Crippen LogP contribution is 2.15. The first-order chi connectivity index (χ1) is 9.28. The number of anilines is 2. The fourth-order valence-electron chi connectivity index (χ4n) is 2.19. The molecule has 2 rings (SSSR count). The minimum Gasteiger partial charge on any atom is -0.376 e. The molecule has 2 heterocycles. The zero-order valence-electron chi connectivity index (χ0n) is 11.9. The molecule has 19 heavy (non-hydrogen) atoms. The van der Waals surface area contributed by atoms with Gasteiger partial charge in [-0.3, -0.25) is 0 Å². The molecule has 0 spiro atoms. The van der Waals surface area contributed by atoms with E-state index in [0.29, 0.717) is 6.10 Å². The van der Waals surface area contributed by atoms with Crippen molar-refractivity contribution in [3.8, 4) is 0 Å². The highest BCUT2D eigenvalue weighted by atomic mass is 16.5. The van der Waals surface area contributed by atoms with Crippen molar-refractivity contribution in [3.63, 3.8) is 0 Å². The van der Waals surface area contributed by atoms with E-state index in [2.05, 4.69) is 27.5 Å². The lowest BCUT2D eigenvalue weighted by Gasteiger charge is -2.23. The normalized spacial score (nSPS) is 19.2. The Bertz CT molecular complexity index is 391. The molecular weight excluding hydrogens is 240 g/mol. The molecule has 0 bridgehead atoms. The van der Waals surface area contributed by atoms with Gasteiger partial charge in [0.05, 0.1) is 6.10 Å². The Kier molecular flexibility index (Phi) is 5.39. The second-order valence-corrected chi connectivity index (χ2v) is 4.98. The van der Waals surface area contributed by atoms with E-state index in [9.17, 15) is 0 Å². The zero-order valence-corrected chi connectivity index (χ0v) is 11.9. The summed E-state index contributed by atoms with van der Waals surface area (Å²) >= 11 is 0. The highest BCUT2D eigenvalue weighted by Gasteiger charge is 2.13. The fourth-order valence-corrected chi connectivity index (χ4v) is 2.19. The van der Waals surface area contributed by atoms with E-state index >= 15 is 0 Å². The fraction of sp³-hybridized carbons (Fsp3) is 0.714. The SMILES string of the molecule is CCCNc1cc(NCC2CCCCO2)nc(C)n1. The maximum absolute atomic E-state index is 5.70. The third-order valence-corrected chi connectivity index (χ3v) is 3.18. The minimum absolute atomic E-state index is 0.316. The maximum atomic E-state index is 5.70. The van der Waals surface area contributed by atoms with Gasteiger partial charge < -0.3 is 15.4 Å². The Morgan fingerprint density at radius 1 is 1.26 bits per heavy atom. The smallest absolute Gasteiger partial charge is 0.131 e. The summed E-state index contributed by atoms with van der Waals surface area (Å²) in [6.07, 6.45) is 4.99. The van der Waals surface area contributed by atoms with Crippen LogP contribution >= 0.6 is 0 Å². The quantitative estimate of drug-likeness (QED) is 0.827. The molecule has 1 aromatic rings. The van der Waals surface area contributed by atoms with E-state index in [4.69, 9.17) is 4.74 Å². The summed E-state index contributed by atoms with van der Waals surface area (Å²) in [5.41, 5.74) is 0. The molecule has 1 aliphatic heterocycles. The molecular formula is C14H24N4O. The van der Waals surface area contributed by atoms with Crippen molar-refractivity contribution < 1.29 is 4.74 Å². The molecule has 0 amide bonds. The topological polar surface area (TPSA) is 59.1 Å². The Balaban J connectivity index is 1.89. The van der Waals surface area contributed by atoms with Crippen molar-refractivity contribution in [2.45, 2.75) is 45.6 Å². The molecule has 1 aliphatic rings. The Morgan fingerprint density at radius 2 is 2.05 bits per heavy atom. The van der Waals surface area contributed by atoms with Crippen molar-refractivity contribution in [2.24, 2.45) is 0 Å². The van der Waals surface area contributed by atoms with Crippen LogP contribution in [0, 0.1) is 6.92 Å². The number of nitrogens with one attached hydrogen (secondary N) is 2. The van der Waals surface area contributed by atoms with E-state index < -0.39 is 0 Å². The average molecular weight is 264 g/mol. The lowest BCUT2D eigenvalue weighted by atomic mass is 10.1. The number of aryl methyl sites for hydroxylation is 1. The lowest BCUT2D eigenvalue weighted by Crippen LogP contribution is -2.27. The van der Waals surface area contributed by atoms with Gasteiger partial charge in [-0.05, 0) is 32.6 Å². The van der Waals surface area contributed by atoms with Gasteiger partial charge in [0, 0.05) is 25.8 Å². The highest BCUT2D eigenvalue weighted by molar-refractivity contribution is 5.47. The summed E-state index contributed by atoms with van der Waals surface area (Å²) in [6.45, 7) is 6.70. The molecule has 1 atom stereocenters. The summed E-state index contributed by atoms with van der Waals surface area (Å²) in [5.74, 6) is 2.55. The van der Waals surface area contributed by atoms with Gasteiger partial charge in [0.2, 0.25) is 0 Å². The van der Waals surface area contributed by atoms with E-state index in [-0.39, 0.29) is 0 Å². The molecule has 1 aromatic heterocycles. The van der Waals surface area contributed by atoms with Gasteiger partial charge in [0.1, 0.15) is 17.5 Å². The first kappa shape index (κ1) is 14.1. The lowest BCUT2D eigenvalue weighted by molar-refractivity contribution is 0.0247. The molecule has 0 radical (unpaired) electrons. The Morgan fingerprint density at radius 3 is 2.74 bits per heavy atom. The number of nitrogens with zero attached hydrogens (tertiary/aromatic N) is 2. The van der Waals surface area contributed by atoms with Crippen molar-refractivity contribution in [1.29, 1.82) is 0 Å². The van der Waals surface area contributed by atoms with Crippen LogP contribution in [0.15, 0.2) is 6.07 Å². The van der Waals surface area contributed by atoms with Crippen LogP contribution in [0.3, 0.4) is 0 Å². The molecule has 5 nitrogen and oxygen atoms in total. The standard InChI is InChI=1S/C14H24N4O/c1-3-7-15-13-9-14(18-11(2)17-13)16-10-12-6-4-5-8-19-12/h9,12H,3-8,10H2,1-2H3,(H2,15,16,17,18). The van der Waals surface area contributed by atoms with Crippen molar-refractivity contribution in [1.82, 2.24) is 9.97 Å². The second-order valence-electron chi connectivity index (χ2n) is 4.98. The van der Waals surface area contributed by atoms with Gasteiger partial charge in [-0.1, -0.05) is 6.92 Å². The largest absolute Gasteiger partial charge is 0.376 e. The van der Waals surface area contributed by atoms with E-state index in [1.54, 1.807) is 0 Å². The summed E-state index contributed by atoms with van der Waals surface area (Å²) in [5, 5.41) is 6.65. The summed E-state index contributed by atoms with van der Waals surface area (Å²) < 4.78 is 5.70. The van der Waals surface area contributed by atoms with E-state index in [1.165, 1.54) is 12.8 Å². The zero-order chi connectivity index (χ0) is 13.5. The third kappa shape index (κ3) is 4.67. The number of hydrogen-bond donors (Lipinski definition) is 2. The van der Waals surface area contributed by atoms with Crippen LogP contribution in [-0.4, -0.2) is 35.8 Å². The first-order valence-electron chi connectivity index (χ1n) is 7.23. The van der Waals surface area contributed by atoms with Gasteiger partial charge in [-0.15, -0.1) is 0 Å². The van der Waals surface area contributed by atoms with Gasteiger partial charge in [-0.25, -0.2) is 9.97 Å². The van der Waals surface area contributed by atoms with Crippen LogP contribution in [0.5, 0.6) is 0 Å². The summed E-state index contributed by atoms with van der Waals surface area (Å²) in [6, 6.07) is 1.96. The van der Waals surface area contributed by atoms with Gasteiger partial charge in [-0.2, -0.15) is 0 Å². The van der Waals surface area contributed by atoms with Crippen LogP contribution in [0.1, 0.15) is 38.4 Å². The van der Waals surface area contributed by atoms with Crippen LogP contribution < -0.4 is 10.6 Å². The molecule has 1 fully saturated rings. The Hall–Kier alpha value is -1.36. The molecule has 0 aromatic carbocycles. The third-order valence-electron chi connectivity index (χ3n) is 3.18. The van der Waals surface area contributed by atoms with Crippen molar-refractivity contribution in [2.75, 3.05) is 30.3 Å². The maximum Gasteiger partial charge on any atom is 0.131 e. The molecule has 2 N–H and O–H groups in total. The van der Waals surface area contributed by atoms with Crippen LogP contribution in [0.2, 0.25) is 0 Å². The predicted molar refractivity (Wildman–Crippen MR) is 77.6 cm³/mol. The van der Waals surface area contributed by atoms with Crippen LogP contribution in [-0.2, 0) is 4.74 Å². The molecule has 0 saturated carbocycles. The first-order valence-corrected chi connectivity index (χ1v) is 7.23. The molecule has 0 aliphatic carbocycles. The molecule has 5 heteroatoms. The summed E-state index contributed by atoms with van der Waals surface area (Å²) in [7, 11) is 0. The molecule has 106 valence electrons. The predicted octanol–water partition coefficient (Wildman–Crippen LogP) is 2.59. The molecule has 1 saturated heterocycles. The monoisotopic (exact) mass is 264 g/mol. The number of hydrogen-bond acceptors (Lipinski definition) is 5. The van der Waals surface area contributed by atoms with Crippen LogP contribution in [0.4, 0.5) is 11.6 Å². The number of rotatable bonds is 6. The Labute approximate surface area is 115 Å². The molecule has 1 unspecified atom stereocenters. The number of aromatic nitrogens is 2. The van der Waals surface area contributed by atoms with Crippen molar-refractivity contribution >= 4 is 11.6 Å². The van der Waals surface area contributed by atoms with Gasteiger partial charge >= 0.3 is 0 Å². The van der Waals surface area contributed by atoms with Crippen molar-refractivity contribution in [3.05, 3.63) is 11.9 Å². The van der Waals surface area contributed by atoms with Gasteiger partial charge in [0.25, 0.3) is 0 Å². The van der Waals surface area contributed by atoms with Crippen LogP contribution in [0.25, 0.3) is 0 Å².